The molecule has 4 nitrogen and oxygen atoms in total. The van der Waals surface area contributed by atoms with Gasteiger partial charge in [0.25, 0.3) is 5.69 Å². The molecule has 0 atom stereocenters. The number of non-ortho nitro benzene ring substituents is 1. The van der Waals surface area contributed by atoms with E-state index in [2.05, 4.69) is 0 Å². The molecule has 3 aromatic rings. The summed E-state index contributed by atoms with van der Waals surface area (Å²) in [6.45, 7) is 0.261. The molecule has 0 unspecified atom stereocenters. The molecular weight excluding hydrogens is 295 g/mol. The first-order valence-electron chi connectivity index (χ1n) is 6.22. The van der Waals surface area contributed by atoms with Crippen LogP contribution in [0.2, 0.25) is 5.02 Å². The van der Waals surface area contributed by atoms with Gasteiger partial charge >= 0.3 is 0 Å². The van der Waals surface area contributed by atoms with E-state index in [1.807, 2.05) is 0 Å². The van der Waals surface area contributed by atoms with Crippen molar-refractivity contribution in [3.8, 4) is 0 Å². The lowest BCUT2D eigenvalue weighted by atomic mass is 10.2. The van der Waals surface area contributed by atoms with Crippen molar-refractivity contribution in [2.45, 2.75) is 6.54 Å². The Morgan fingerprint density at radius 3 is 2.81 bits per heavy atom. The molecule has 1 heterocycles. The number of nitro groups is 1. The standard InChI is InChI=1S/C15H10ClFN2O2/c16-11-4-5-13(17)10(8-11)9-18-7-6-12-14(18)2-1-3-15(12)19(20)21/h1-8H,9H2. The molecule has 0 aliphatic rings. The van der Waals surface area contributed by atoms with Crippen LogP contribution >= 0.6 is 11.6 Å². The third-order valence-electron chi connectivity index (χ3n) is 3.34. The molecule has 0 amide bonds. The van der Waals surface area contributed by atoms with Gasteiger partial charge in [0.1, 0.15) is 5.82 Å². The number of benzene rings is 2. The van der Waals surface area contributed by atoms with Gasteiger partial charge in [-0.15, -0.1) is 0 Å². The number of fused-ring (bicyclic) bond motifs is 1. The quantitative estimate of drug-likeness (QED) is 0.532. The summed E-state index contributed by atoms with van der Waals surface area (Å²) < 4.78 is 15.5. The fourth-order valence-electron chi connectivity index (χ4n) is 2.35. The molecule has 0 aliphatic heterocycles. The highest BCUT2D eigenvalue weighted by Gasteiger charge is 2.14. The van der Waals surface area contributed by atoms with Crippen LogP contribution < -0.4 is 0 Å². The molecule has 0 aliphatic carbocycles. The molecule has 0 saturated carbocycles. The smallest absolute Gasteiger partial charge is 0.278 e. The molecule has 6 heteroatoms. The third-order valence-corrected chi connectivity index (χ3v) is 3.57. The number of aromatic nitrogens is 1. The van der Waals surface area contributed by atoms with Crippen molar-refractivity contribution >= 4 is 28.2 Å². The van der Waals surface area contributed by atoms with Gasteiger partial charge in [0, 0.05) is 22.8 Å². The number of nitro benzene ring substituents is 1. The summed E-state index contributed by atoms with van der Waals surface area (Å²) in [4.78, 5) is 10.6. The average Bonchev–Trinajstić information content (AvgIpc) is 2.86. The van der Waals surface area contributed by atoms with Gasteiger partial charge in [-0.3, -0.25) is 10.1 Å². The zero-order valence-corrected chi connectivity index (χ0v) is 11.5. The maximum atomic E-state index is 13.8. The number of rotatable bonds is 3. The normalized spacial score (nSPS) is 11.0. The van der Waals surface area contributed by atoms with E-state index >= 15 is 0 Å². The van der Waals surface area contributed by atoms with Gasteiger partial charge < -0.3 is 4.57 Å². The lowest BCUT2D eigenvalue weighted by Crippen LogP contribution is -2.00. The number of nitrogens with zero attached hydrogens (tertiary/aromatic N) is 2. The molecule has 0 radical (unpaired) electrons. The second-order valence-electron chi connectivity index (χ2n) is 4.65. The maximum Gasteiger partial charge on any atom is 0.278 e. The van der Waals surface area contributed by atoms with Crippen LogP contribution in [-0.4, -0.2) is 9.49 Å². The monoisotopic (exact) mass is 304 g/mol. The Labute approximate surface area is 124 Å². The highest BCUT2D eigenvalue weighted by atomic mass is 35.5. The van der Waals surface area contributed by atoms with Crippen LogP contribution in [0.3, 0.4) is 0 Å². The Bertz CT molecular complexity index is 845. The Balaban J connectivity index is 2.08. The van der Waals surface area contributed by atoms with E-state index in [0.29, 0.717) is 21.5 Å². The maximum absolute atomic E-state index is 13.8. The number of halogens is 2. The zero-order chi connectivity index (χ0) is 15.0. The van der Waals surface area contributed by atoms with E-state index < -0.39 is 4.92 Å². The molecule has 2 aromatic carbocycles. The Hall–Kier alpha value is -2.40. The summed E-state index contributed by atoms with van der Waals surface area (Å²) in [5.74, 6) is -0.355. The first-order valence-corrected chi connectivity index (χ1v) is 6.60. The summed E-state index contributed by atoms with van der Waals surface area (Å²) >= 11 is 5.88. The highest BCUT2D eigenvalue weighted by Crippen LogP contribution is 2.27. The van der Waals surface area contributed by atoms with Gasteiger partial charge in [-0.2, -0.15) is 0 Å². The summed E-state index contributed by atoms with van der Waals surface area (Å²) in [7, 11) is 0. The summed E-state index contributed by atoms with van der Waals surface area (Å²) in [6.07, 6.45) is 1.71. The molecule has 106 valence electrons. The fourth-order valence-corrected chi connectivity index (χ4v) is 2.55. The van der Waals surface area contributed by atoms with Crippen LogP contribution in [0.5, 0.6) is 0 Å². The van der Waals surface area contributed by atoms with Crippen LogP contribution in [0.1, 0.15) is 5.56 Å². The van der Waals surface area contributed by atoms with Crippen molar-refractivity contribution in [1.82, 2.24) is 4.57 Å². The second-order valence-corrected chi connectivity index (χ2v) is 5.08. The number of hydrogen-bond acceptors (Lipinski definition) is 2. The van der Waals surface area contributed by atoms with Crippen LogP contribution in [0.4, 0.5) is 10.1 Å². The van der Waals surface area contributed by atoms with Crippen molar-refractivity contribution in [2.24, 2.45) is 0 Å². The third kappa shape index (κ3) is 2.48. The molecular formula is C15H10ClFN2O2. The van der Waals surface area contributed by atoms with Crippen molar-refractivity contribution in [2.75, 3.05) is 0 Å². The molecule has 0 saturated heterocycles. The molecule has 3 rings (SSSR count). The van der Waals surface area contributed by atoms with E-state index in [4.69, 9.17) is 11.6 Å². The lowest BCUT2D eigenvalue weighted by molar-refractivity contribution is -0.383. The van der Waals surface area contributed by atoms with Crippen LogP contribution in [0, 0.1) is 15.9 Å². The van der Waals surface area contributed by atoms with Crippen LogP contribution in [0.25, 0.3) is 10.9 Å². The Kier molecular flexibility index (Phi) is 3.35. The van der Waals surface area contributed by atoms with Gasteiger partial charge in [0.05, 0.1) is 22.4 Å². The minimum absolute atomic E-state index is 0.0396. The summed E-state index contributed by atoms with van der Waals surface area (Å²) in [5, 5.41) is 12.0. The van der Waals surface area contributed by atoms with Crippen LogP contribution in [0.15, 0.2) is 48.7 Å². The average molecular weight is 305 g/mol. The molecule has 0 spiro atoms. The topological polar surface area (TPSA) is 48.1 Å². The Morgan fingerprint density at radius 2 is 2.05 bits per heavy atom. The molecule has 0 fully saturated rings. The summed E-state index contributed by atoms with van der Waals surface area (Å²) in [6, 6.07) is 10.9. The Morgan fingerprint density at radius 1 is 1.24 bits per heavy atom. The van der Waals surface area contributed by atoms with E-state index in [1.54, 1.807) is 35.0 Å². The SMILES string of the molecule is O=[N+]([O-])c1cccc2c1ccn2Cc1cc(Cl)ccc1F. The molecule has 1 aromatic heterocycles. The van der Waals surface area contributed by atoms with Crippen molar-refractivity contribution in [3.05, 3.63) is 75.2 Å². The minimum Gasteiger partial charge on any atom is -0.343 e. The van der Waals surface area contributed by atoms with E-state index in [-0.39, 0.29) is 18.0 Å². The van der Waals surface area contributed by atoms with Gasteiger partial charge in [0.2, 0.25) is 0 Å². The van der Waals surface area contributed by atoms with Crippen molar-refractivity contribution in [1.29, 1.82) is 0 Å². The van der Waals surface area contributed by atoms with Crippen molar-refractivity contribution < 1.29 is 9.31 Å². The van der Waals surface area contributed by atoms with Gasteiger partial charge in [0.15, 0.2) is 0 Å². The first-order chi connectivity index (χ1) is 10.1. The minimum atomic E-state index is -0.424. The van der Waals surface area contributed by atoms with Crippen LogP contribution in [-0.2, 0) is 6.54 Å². The van der Waals surface area contributed by atoms with Gasteiger partial charge in [-0.25, -0.2) is 4.39 Å². The largest absolute Gasteiger partial charge is 0.343 e. The van der Waals surface area contributed by atoms with E-state index in [9.17, 15) is 14.5 Å². The molecule has 0 bridgehead atoms. The predicted molar refractivity (Wildman–Crippen MR) is 79.1 cm³/mol. The van der Waals surface area contributed by atoms with E-state index in [1.165, 1.54) is 18.2 Å². The predicted octanol–water partition coefficient (Wildman–Crippen LogP) is 4.39. The summed E-state index contributed by atoms with van der Waals surface area (Å²) in [5.41, 5.74) is 1.16. The number of hydrogen-bond donors (Lipinski definition) is 0. The van der Waals surface area contributed by atoms with Crippen molar-refractivity contribution in [3.63, 3.8) is 0 Å². The lowest BCUT2D eigenvalue weighted by Gasteiger charge is -2.07. The van der Waals surface area contributed by atoms with Gasteiger partial charge in [-0.05, 0) is 30.3 Å². The molecule has 21 heavy (non-hydrogen) atoms. The van der Waals surface area contributed by atoms with Gasteiger partial charge in [-0.1, -0.05) is 17.7 Å². The second kappa shape index (κ2) is 5.18. The highest BCUT2D eigenvalue weighted by molar-refractivity contribution is 6.30. The van der Waals surface area contributed by atoms with E-state index in [0.717, 1.165) is 0 Å². The first kappa shape index (κ1) is 13.6. The fraction of sp³-hybridized carbons (Fsp3) is 0.0667. The molecule has 0 N–H and O–H groups in total. The zero-order valence-electron chi connectivity index (χ0n) is 10.8.